The Labute approximate surface area is 176 Å². The first-order valence-corrected chi connectivity index (χ1v) is 11.0. The zero-order valence-corrected chi connectivity index (χ0v) is 18.1. The van der Waals surface area contributed by atoms with Gasteiger partial charge >= 0.3 is 0 Å². The highest BCUT2D eigenvalue weighted by Gasteiger charge is 2.16. The molecular formula is C25H36N2O2. The van der Waals surface area contributed by atoms with E-state index in [1.165, 1.54) is 69.5 Å². The number of piperazine rings is 1. The Bertz CT molecular complexity index is 712. The molecule has 2 aromatic carbocycles. The lowest BCUT2D eigenvalue weighted by atomic mass is 10.1. The van der Waals surface area contributed by atoms with Gasteiger partial charge in [-0.3, -0.25) is 0 Å². The lowest BCUT2D eigenvalue weighted by Crippen LogP contribution is -2.47. The van der Waals surface area contributed by atoms with Crippen molar-refractivity contribution in [2.24, 2.45) is 0 Å². The molecule has 0 bridgehead atoms. The number of ether oxygens (including phenoxy) is 2. The smallest absolute Gasteiger partial charge is 0.160 e. The van der Waals surface area contributed by atoms with Gasteiger partial charge in [0.15, 0.2) is 11.5 Å². The average Bonchev–Trinajstić information content (AvgIpc) is 2.78. The third-order valence-corrected chi connectivity index (χ3v) is 5.91. The Morgan fingerprint density at radius 2 is 1.34 bits per heavy atom. The predicted molar refractivity (Wildman–Crippen MR) is 120 cm³/mol. The maximum atomic E-state index is 5.42. The van der Waals surface area contributed by atoms with Crippen LogP contribution in [0.15, 0.2) is 48.5 Å². The van der Waals surface area contributed by atoms with Gasteiger partial charge in [-0.05, 0) is 55.5 Å². The van der Waals surface area contributed by atoms with Crippen LogP contribution in [0.25, 0.3) is 0 Å². The molecule has 4 heteroatoms. The third-order valence-electron chi connectivity index (χ3n) is 5.91. The van der Waals surface area contributed by atoms with E-state index in [9.17, 15) is 0 Å². The van der Waals surface area contributed by atoms with Crippen molar-refractivity contribution in [2.45, 2.75) is 32.1 Å². The number of nitrogens with zero attached hydrogens (tertiary/aromatic N) is 2. The molecule has 3 rings (SSSR count). The molecule has 1 aliphatic rings. The maximum Gasteiger partial charge on any atom is 0.160 e. The molecule has 0 unspecified atom stereocenters. The number of methoxy groups -OCH3 is 2. The molecule has 1 fully saturated rings. The minimum atomic E-state index is 0.800. The predicted octanol–water partition coefficient (Wildman–Crippen LogP) is 4.28. The Balaban J connectivity index is 1.28. The summed E-state index contributed by atoms with van der Waals surface area (Å²) in [6.45, 7) is 7.11. The van der Waals surface area contributed by atoms with Crippen molar-refractivity contribution >= 4 is 0 Å². The van der Waals surface area contributed by atoms with Crippen molar-refractivity contribution < 1.29 is 9.47 Å². The van der Waals surface area contributed by atoms with Crippen LogP contribution in [0.2, 0.25) is 0 Å². The summed E-state index contributed by atoms with van der Waals surface area (Å²) in [6.07, 6.45) is 6.22. The number of rotatable bonds is 11. The van der Waals surface area contributed by atoms with Gasteiger partial charge in [0.05, 0.1) is 14.2 Å². The van der Waals surface area contributed by atoms with Crippen molar-refractivity contribution in [3.8, 4) is 11.5 Å². The van der Waals surface area contributed by atoms with E-state index in [1.54, 1.807) is 14.2 Å². The lowest BCUT2D eigenvalue weighted by molar-refractivity contribution is 0.132. The second-order valence-corrected chi connectivity index (χ2v) is 7.92. The van der Waals surface area contributed by atoms with Crippen molar-refractivity contribution in [3.63, 3.8) is 0 Å². The summed E-state index contributed by atoms with van der Waals surface area (Å²) in [5.74, 6) is 1.62. The first-order chi connectivity index (χ1) is 14.3. The number of benzene rings is 2. The monoisotopic (exact) mass is 396 g/mol. The lowest BCUT2D eigenvalue weighted by Gasteiger charge is -2.34. The largest absolute Gasteiger partial charge is 0.493 e. The molecule has 158 valence electrons. The molecular weight excluding hydrogens is 360 g/mol. The molecule has 0 amide bonds. The van der Waals surface area contributed by atoms with Gasteiger partial charge in [0.2, 0.25) is 0 Å². The number of hydrogen-bond donors (Lipinski definition) is 0. The second kappa shape index (κ2) is 11.8. The number of unbranched alkanes of at least 4 members (excludes halogenated alkanes) is 2. The highest BCUT2D eigenvalue weighted by atomic mass is 16.5. The van der Waals surface area contributed by atoms with Crippen molar-refractivity contribution in [3.05, 3.63) is 59.7 Å². The first kappa shape index (κ1) is 21.7. The van der Waals surface area contributed by atoms with Gasteiger partial charge < -0.3 is 19.3 Å². The molecule has 0 radical (unpaired) electrons. The molecule has 0 atom stereocenters. The molecule has 1 aliphatic heterocycles. The van der Waals surface area contributed by atoms with Crippen LogP contribution in [-0.2, 0) is 12.8 Å². The molecule has 0 spiro atoms. The van der Waals surface area contributed by atoms with Crippen LogP contribution >= 0.6 is 0 Å². The number of aryl methyl sites for hydroxylation is 1. The van der Waals surface area contributed by atoms with Crippen molar-refractivity contribution in [2.75, 3.05) is 53.5 Å². The van der Waals surface area contributed by atoms with Gasteiger partial charge in [-0.25, -0.2) is 0 Å². The number of hydrogen-bond acceptors (Lipinski definition) is 4. The third kappa shape index (κ3) is 7.06. The van der Waals surface area contributed by atoms with E-state index in [-0.39, 0.29) is 0 Å². The van der Waals surface area contributed by atoms with E-state index in [2.05, 4.69) is 52.3 Å². The summed E-state index contributed by atoms with van der Waals surface area (Å²) < 4.78 is 10.7. The Morgan fingerprint density at radius 1 is 0.655 bits per heavy atom. The van der Waals surface area contributed by atoms with Gasteiger partial charge in [0, 0.05) is 32.7 Å². The van der Waals surface area contributed by atoms with E-state index < -0.39 is 0 Å². The van der Waals surface area contributed by atoms with Gasteiger partial charge in [-0.1, -0.05) is 42.8 Å². The van der Waals surface area contributed by atoms with Crippen LogP contribution in [0.3, 0.4) is 0 Å². The standard InChI is InChI=1S/C25H36N2O2/c1-28-24-13-12-23(21-25(24)29-2)14-16-27-19-17-26(18-20-27)15-8-4-7-11-22-9-5-3-6-10-22/h3,5-6,9-10,12-13,21H,4,7-8,11,14-20H2,1-2H3. The van der Waals surface area contributed by atoms with Gasteiger partial charge in [-0.2, -0.15) is 0 Å². The topological polar surface area (TPSA) is 24.9 Å². The molecule has 0 aromatic heterocycles. The van der Waals surface area contributed by atoms with E-state index in [0.717, 1.165) is 24.5 Å². The molecule has 29 heavy (non-hydrogen) atoms. The van der Waals surface area contributed by atoms with E-state index in [4.69, 9.17) is 9.47 Å². The molecule has 0 N–H and O–H groups in total. The quantitative estimate of drug-likeness (QED) is 0.530. The fourth-order valence-electron chi connectivity index (χ4n) is 4.05. The molecule has 0 saturated carbocycles. The molecule has 1 saturated heterocycles. The highest BCUT2D eigenvalue weighted by Crippen LogP contribution is 2.27. The minimum absolute atomic E-state index is 0.800. The van der Waals surface area contributed by atoms with Crippen LogP contribution in [0.4, 0.5) is 0 Å². The van der Waals surface area contributed by atoms with Gasteiger partial charge in [0.25, 0.3) is 0 Å². The minimum Gasteiger partial charge on any atom is -0.493 e. The fraction of sp³-hybridized carbons (Fsp3) is 0.520. The van der Waals surface area contributed by atoms with Crippen LogP contribution < -0.4 is 9.47 Å². The maximum absolute atomic E-state index is 5.42. The Kier molecular flexibility index (Phi) is 8.84. The molecule has 0 aliphatic carbocycles. The molecule has 1 heterocycles. The normalized spacial score (nSPS) is 15.4. The summed E-state index contributed by atoms with van der Waals surface area (Å²) in [4.78, 5) is 5.22. The first-order valence-electron chi connectivity index (χ1n) is 11.0. The van der Waals surface area contributed by atoms with E-state index >= 15 is 0 Å². The van der Waals surface area contributed by atoms with E-state index in [1.807, 2.05) is 6.07 Å². The summed E-state index contributed by atoms with van der Waals surface area (Å²) in [5.41, 5.74) is 2.78. The summed E-state index contributed by atoms with van der Waals surface area (Å²) in [6, 6.07) is 17.1. The van der Waals surface area contributed by atoms with Crippen molar-refractivity contribution in [1.29, 1.82) is 0 Å². The fourth-order valence-corrected chi connectivity index (χ4v) is 4.05. The zero-order chi connectivity index (χ0) is 20.3. The summed E-state index contributed by atoms with van der Waals surface area (Å²) >= 11 is 0. The SMILES string of the molecule is COc1ccc(CCN2CCN(CCCCCc3ccccc3)CC2)cc1OC. The highest BCUT2D eigenvalue weighted by molar-refractivity contribution is 5.42. The van der Waals surface area contributed by atoms with Crippen LogP contribution in [0, 0.1) is 0 Å². The average molecular weight is 397 g/mol. The van der Waals surface area contributed by atoms with Gasteiger partial charge in [-0.15, -0.1) is 0 Å². The van der Waals surface area contributed by atoms with Crippen molar-refractivity contribution in [1.82, 2.24) is 9.80 Å². The van der Waals surface area contributed by atoms with Crippen LogP contribution in [0.1, 0.15) is 30.4 Å². The van der Waals surface area contributed by atoms with E-state index in [0.29, 0.717) is 0 Å². The second-order valence-electron chi connectivity index (χ2n) is 7.92. The summed E-state index contributed by atoms with van der Waals surface area (Å²) in [5, 5.41) is 0. The van der Waals surface area contributed by atoms with Crippen LogP contribution in [0.5, 0.6) is 11.5 Å². The zero-order valence-electron chi connectivity index (χ0n) is 18.1. The molecule has 2 aromatic rings. The molecule has 4 nitrogen and oxygen atoms in total. The van der Waals surface area contributed by atoms with Gasteiger partial charge in [0.1, 0.15) is 0 Å². The van der Waals surface area contributed by atoms with Crippen LogP contribution in [-0.4, -0.2) is 63.3 Å². The Hall–Kier alpha value is -2.04. The summed E-state index contributed by atoms with van der Waals surface area (Å²) in [7, 11) is 3.38. The Morgan fingerprint density at radius 3 is 2.03 bits per heavy atom.